The van der Waals surface area contributed by atoms with Crippen LogP contribution in [0.15, 0.2) is 36.7 Å². The smallest absolute Gasteiger partial charge is 0.475 e. The third kappa shape index (κ3) is 12.7. The second-order valence-electron chi connectivity index (χ2n) is 11.2. The predicted molar refractivity (Wildman–Crippen MR) is 145 cm³/mol. The van der Waals surface area contributed by atoms with Gasteiger partial charge in [0.1, 0.15) is 0 Å². The van der Waals surface area contributed by atoms with E-state index in [2.05, 4.69) is 45.8 Å². The van der Waals surface area contributed by atoms with Crippen LogP contribution in [0.2, 0.25) is 0 Å². The number of hydrogen-bond donors (Lipinski definition) is 4. The van der Waals surface area contributed by atoms with E-state index in [-0.39, 0.29) is 0 Å². The first-order valence-corrected chi connectivity index (χ1v) is 14.0. The lowest BCUT2D eigenvalue weighted by atomic mass is 9.73. The Kier molecular flexibility index (Phi) is 13.2. The maximum atomic E-state index is 10.6. The number of carbonyl (C=O) groups is 3. The van der Waals surface area contributed by atoms with Crippen LogP contribution in [-0.2, 0) is 33.4 Å². The summed E-state index contributed by atoms with van der Waals surface area (Å²) in [7, 11) is 1.98. The summed E-state index contributed by atoms with van der Waals surface area (Å²) in [5.41, 5.74) is 4.82. The minimum atomic E-state index is -5.08. The quantitative estimate of drug-likeness (QED) is 0.307. The number of carboxylic acid groups (broad SMARTS) is 3. The van der Waals surface area contributed by atoms with E-state index in [1.54, 1.807) is 5.56 Å². The van der Waals surface area contributed by atoms with Crippen molar-refractivity contribution in [3.05, 3.63) is 53.3 Å². The average molecular weight is 693 g/mol. The second-order valence-corrected chi connectivity index (χ2v) is 11.2. The van der Waals surface area contributed by atoms with E-state index in [9.17, 15) is 39.5 Å². The zero-order valence-electron chi connectivity index (χ0n) is 24.8. The van der Waals surface area contributed by atoms with Crippen LogP contribution in [0.1, 0.15) is 54.8 Å². The molecule has 2 aromatic rings. The minimum absolute atomic E-state index is 0.392. The number of aliphatic carboxylic acids is 3. The molecule has 264 valence electrons. The number of nitrogens with zero attached hydrogens (tertiary/aromatic N) is 3. The molecule has 1 unspecified atom stereocenters. The summed E-state index contributed by atoms with van der Waals surface area (Å²) < 4.78 is 97.1. The van der Waals surface area contributed by atoms with Gasteiger partial charge in [0, 0.05) is 37.9 Å². The molecule has 0 bridgehead atoms. The van der Waals surface area contributed by atoms with Crippen molar-refractivity contribution in [2.45, 2.75) is 68.6 Å². The van der Waals surface area contributed by atoms with Crippen LogP contribution < -0.4 is 5.32 Å². The number of piperidine rings is 1. The van der Waals surface area contributed by atoms with Crippen LogP contribution in [0, 0.1) is 5.92 Å². The fourth-order valence-corrected chi connectivity index (χ4v) is 5.18. The van der Waals surface area contributed by atoms with E-state index in [0.717, 1.165) is 12.5 Å². The number of hydrogen-bond acceptors (Lipinski definition) is 6. The summed E-state index contributed by atoms with van der Waals surface area (Å²) in [6.45, 7) is 4.80. The molecule has 1 aromatic carbocycles. The predicted octanol–water partition coefficient (Wildman–Crippen LogP) is 5.30. The molecular weight excluding hydrogens is 659 g/mol. The maximum Gasteiger partial charge on any atom is 0.490 e. The van der Waals surface area contributed by atoms with Gasteiger partial charge in [-0.25, -0.2) is 14.4 Å². The lowest BCUT2D eigenvalue weighted by molar-refractivity contribution is -0.193. The van der Waals surface area contributed by atoms with Crippen LogP contribution in [0.3, 0.4) is 0 Å². The first-order chi connectivity index (χ1) is 21.5. The number of aryl methyl sites for hydroxylation is 1. The van der Waals surface area contributed by atoms with Gasteiger partial charge >= 0.3 is 36.4 Å². The first kappa shape index (κ1) is 39.3. The molecule has 2 fully saturated rings. The average Bonchev–Trinajstić information content (AvgIpc) is 3.60. The van der Waals surface area contributed by atoms with Crippen molar-refractivity contribution in [1.29, 1.82) is 0 Å². The van der Waals surface area contributed by atoms with Crippen molar-refractivity contribution >= 4 is 17.9 Å². The van der Waals surface area contributed by atoms with Gasteiger partial charge in [-0.3, -0.25) is 4.68 Å². The highest BCUT2D eigenvalue weighted by atomic mass is 19.4. The first-order valence-electron chi connectivity index (χ1n) is 14.0. The molecule has 5 rings (SSSR count). The molecule has 0 radical (unpaired) electrons. The molecule has 47 heavy (non-hydrogen) atoms. The zero-order chi connectivity index (χ0) is 35.8. The molecule has 1 atom stereocenters. The monoisotopic (exact) mass is 692 g/mol. The minimum Gasteiger partial charge on any atom is -0.475 e. The van der Waals surface area contributed by atoms with Crippen molar-refractivity contribution in [2.24, 2.45) is 13.0 Å². The molecule has 0 amide bonds. The molecule has 1 saturated carbocycles. The lowest BCUT2D eigenvalue weighted by Gasteiger charge is -2.40. The van der Waals surface area contributed by atoms with Crippen LogP contribution >= 0.6 is 0 Å². The van der Waals surface area contributed by atoms with Crippen LogP contribution in [0.4, 0.5) is 39.5 Å². The maximum absolute atomic E-state index is 10.6. The Morgan fingerprint density at radius 1 is 0.872 bits per heavy atom. The molecule has 1 saturated heterocycles. The third-order valence-corrected chi connectivity index (χ3v) is 7.57. The number of aromatic nitrogens is 2. The van der Waals surface area contributed by atoms with Gasteiger partial charge in [-0.15, -0.1) is 0 Å². The van der Waals surface area contributed by atoms with Gasteiger partial charge in [0.05, 0.1) is 6.20 Å². The number of fused-ring (bicyclic) bond motifs is 2. The summed E-state index contributed by atoms with van der Waals surface area (Å²) in [6, 6.07) is 9.67. The Bertz CT molecular complexity index is 1290. The van der Waals surface area contributed by atoms with E-state index in [1.807, 2.05) is 17.9 Å². The second kappa shape index (κ2) is 15.8. The Balaban J connectivity index is 0.000000301. The third-order valence-electron chi connectivity index (χ3n) is 7.57. The molecule has 1 spiro atoms. The Morgan fingerprint density at radius 2 is 1.34 bits per heavy atom. The van der Waals surface area contributed by atoms with E-state index >= 15 is 0 Å². The largest absolute Gasteiger partial charge is 0.490 e. The number of benzene rings is 1. The van der Waals surface area contributed by atoms with Gasteiger partial charge in [-0.2, -0.15) is 44.6 Å². The lowest BCUT2D eigenvalue weighted by Crippen LogP contribution is -2.42. The normalized spacial score (nSPS) is 18.8. The van der Waals surface area contributed by atoms with Gasteiger partial charge < -0.3 is 25.5 Å². The highest BCUT2D eigenvalue weighted by Gasteiger charge is 2.45. The SMILES string of the molecule is Cn1cc(CNC2CC3(CCN(CC4CC4)CC3)c3ccccc32)cn1.O=C(O)C(F)(F)F.O=C(O)C(F)(F)F.O=C(O)C(F)(F)F. The van der Waals surface area contributed by atoms with Gasteiger partial charge in [0.2, 0.25) is 0 Å². The van der Waals surface area contributed by atoms with E-state index in [4.69, 9.17) is 29.7 Å². The Morgan fingerprint density at radius 3 is 1.74 bits per heavy atom. The number of nitrogens with one attached hydrogen (secondary N) is 1. The van der Waals surface area contributed by atoms with Crippen LogP contribution in [-0.4, -0.2) is 86.1 Å². The summed E-state index contributed by atoms with van der Waals surface area (Å²) in [5, 5.41) is 29.5. The van der Waals surface area contributed by atoms with Gasteiger partial charge in [-0.1, -0.05) is 24.3 Å². The molecule has 2 aliphatic carbocycles. The number of alkyl halides is 9. The molecule has 10 nitrogen and oxygen atoms in total. The molecule has 4 N–H and O–H groups in total. The summed E-state index contributed by atoms with van der Waals surface area (Å²) in [5.74, 6) is -7.26. The number of likely N-dealkylation sites (tertiary alicyclic amines) is 1. The van der Waals surface area contributed by atoms with Crippen LogP contribution in [0.5, 0.6) is 0 Å². The number of halogens is 9. The highest BCUT2D eigenvalue weighted by molar-refractivity contribution is 5.73. The van der Waals surface area contributed by atoms with Gasteiger partial charge in [0.25, 0.3) is 0 Å². The van der Waals surface area contributed by atoms with Gasteiger partial charge in [0.15, 0.2) is 0 Å². The highest BCUT2D eigenvalue weighted by Crippen LogP contribution is 2.51. The number of carboxylic acids is 3. The fourth-order valence-electron chi connectivity index (χ4n) is 5.18. The summed E-state index contributed by atoms with van der Waals surface area (Å²) in [6.07, 6.45) is -4.34. The van der Waals surface area contributed by atoms with E-state index in [1.165, 1.54) is 62.9 Å². The Labute approximate surface area is 262 Å². The fraction of sp³-hybridized carbons (Fsp3) is 0.571. The molecular formula is C28H33F9N4O6. The summed E-state index contributed by atoms with van der Waals surface area (Å²) >= 11 is 0. The number of rotatable bonds is 5. The molecule has 1 aliphatic heterocycles. The van der Waals surface area contributed by atoms with Crippen molar-refractivity contribution in [1.82, 2.24) is 20.0 Å². The van der Waals surface area contributed by atoms with E-state index in [0.29, 0.717) is 11.5 Å². The van der Waals surface area contributed by atoms with Crippen molar-refractivity contribution in [2.75, 3.05) is 19.6 Å². The van der Waals surface area contributed by atoms with Crippen molar-refractivity contribution < 1.29 is 69.2 Å². The molecule has 2 heterocycles. The molecule has 1 aromatic heterocycles. The topological polar surface area (TPSA) is 145 Å². The van der Waals surface area contributed by atoms with Crippen molar-refractivity contribution in [3.8, 4) is 0 Å². The van der Waals surface area contributed by atoms with Crippen molar-refractivity contribution in [3.63, 3.8) is 0 Å². The molecule has 19 heteroatoms. The Hall–Kier alpha value is -3.87. The standard InChI is InChI=1S/C22H30N4.3C2HF3O2/c1-25-15-18(14-24-25)13-23-21-12-22(20-5-3-2-4-19(20)21)8-10-26(11-9-22)16-17-6-7-17;3*3-2(4,5)1(6)7/h2-5,14-15,17,21,23H,6-13,16H2,1H3;3*(H,6,7). The summed E-state index contributed by atoms with van der Waals surface area (Å²) in [4.78, 5) is 29.4. The molecule has 3 aliphatic rings. The van der Waals surface area contributed by atoms with Gasteiger partial charge in [-0.05, 0) is 67.7 Å². The van der Waals surface area contributed by atoms with Crippen LogP contribution in [0.25, 0.3) is 0 Å². The zero-order valence-corrected chi connectivity index (χ0v) is 24.8. The van der Waals surface area contributed by atoms with E-state index < -0.39 is 36.4 Å².